The minimum absolute atomic E-state index is 0.0772. The molecule has 0 heterocycles. The zero-order chi connectivity index (χ0) is 15.3. The van der Waals surface area contributed by atoms with E-state index < -0.39 is 0 Å². The van der Waals surface area contributed by atoms with Crippen molar-refractivity contribution in [2.24, 2.45) is 11.1 Å². The van der Waals surface area contributed by atoms with Gasteiger partial charge in [0.05, 0.1) is 17.3 Å². The van der Waals surface area contributed by atoms with Crippen LogP contribution >= 0.6 is 11.6 Å². The van der Waals surface area contributed by atoms with Gasteiger partial charge in [-0.2, -0.15) is 0 Å². The molecule has 0 spiro atoms. The van der Waals surface area contributed by atoms with Gasteiger partial charge in [-0.25, -0.2) is 0 Å². The van der Waals surface area contributed by atoms with E-state index in [1.165, 1.54) is 0 Å². The zero-order valence-corrected chi connectivity index (χ0v) is 13.1. The fraction of sp³-hybridized carbons (Fsp3) is 0.471. The van der Waals surface area contributed by atoms with E-state index in [2.05, 4.69) is 24.1 Å². The van der Waals surface area contributed by atoms with Gasteiger partial charge in [0, 0.05) is 11.0 Å². The lowest BCUT2D eigenvalue weighted by molar-refractivity contribution is -0.125. The van der Waals surface area contributed by atoms with Crippen molar-refractivity contribution in [2.45, 2.75) is 39.0 Å². The maximum absolute atomic E-state index is 12.6. The van der Waals surface area contributed by atoms with Crippen LogP contribution in [0.25, 0.3) is 0 Å². The van der Waals surface area contributed by atoms with E-state index in [0.29, 0.717) is 17.3 Å². The van der Waals surface area contributed by atoms with Gasteiger partial charge in [0.1, 0.15) is 0 Å². The summed E-state index contributed by atoms with van der Waals surface area (Å²) < 4.78 is 0. The summed E-state index contributed by atoms with van der Waals surface area (Å²) >= 11 is 6.18. The normalized spacial score (nSPS) is 16.1. The monoisotopic (exact) mass is 304 g/mol. The van der Waals surface area contributed by atoms with Crippen LogP contribution in [0.15, 0.2) is 18.2 Å². The Hall–Kier alpha value is -1.50. The number of hydrogen-bond donors (Lipinski definition) is 2. The van der Waals surface area contributed by atoms with E-state index in [0.717, 1.165) is 37.7 Å². The number of amides is 1. The Morgan fingerprint density at radius 3 is 2.76 bits per heavy atom. The Bertz CT molecular complexity index is 580. The zero-order valence-electron chi connectivity index (χ0n) is 12.3. The molecule has 0 aromatic heterocycles. The average Bonchev–Trinajstić information content (AvgIpc) is 2.98. The smallest absolute Gasteiger partial charge is 0.230 e. The molecule has 3 N–H and O–H groups in total. The Kier molecular flexibility index (Phi) is 5.27. The topological polar surface area (TPSA) is 55.1 Å². The summed E-state index contributed by atoms with van der Waals surface area (Å²) in [6.07, 6.45) is 5.02. The third-order valence-corrected chi connectivity index (χ3v) is 4.60. The predicted molar refractivity (Wildman–Crippen MR) is 87.2 cm³/mol. The highest BCUT2D eigenvalue weighted by atomic mass is 35.5. The molecule has 0 bridgehead atoms. The number of halogens is 1. The molecule has 1 aliphatic carbocycles. The second-order valence-corrected chi connectivity index (χ2v) is 5.90. The Balaban J connectivity index is 2.20. The van der Waals surface area contributed by atoms with Gasteiger partial charge in [0.15, 0.2) is 0 Å². The van der Waals surface area contributed by atoms with Crippen LogP contribution in [0.3, 0.4) is 0 Å². The van der Waals surface area contributed by atoms with Crippen LogP contribution in [0.5, 0.6) is 0 Å². The lowest BCUT2D eigenvalue weighted by atomic mass is 9.82. The molecule has 1 aromatic rings. The lowest BCUT2D eigenvalue weighted by Crippen LogP contribution is -2.33. The van der Waals surface area contributed by atoms with E-state index in [1.807, 2.05) is 6.07 Å². The molecule has 1 amide bonds. The van der Waals surface area contributed by atoms with Crippen LogP contribution in [0, 0.1) is 17.3 Å². The molecule has 2 rings (SSSR count). The van der Waals surface area contributed by atoms with Crippen molar-refractivity contribution in [3.63, 3.8) is 0 Å². The van der Waals surface area contributed by atoms with Crippen molar-refractivity contribution in [3.05, 3.63) is 28.8 Å². The van der Waals surface area contributed by atoms with E-state index >= 15 is 0 Å². The average molecular weight is 305 g/mol. The molecular formula is C17H21ClN2O. The number of rotatable bonds is 3. The quantitative estimate of drug-likeness (QED) is 0.839. The first kappa shape index (κ1) is 15.9. The highest BCUT2D eigenvalue weighted by Crippen LogP contribution is 2.42. The second-order valence-electron chi connectivity index (χ2n) is 5.50. The third kappa shape index (κ3) is 3.58. The van der Waals surface area contributed by atoms with Crippen LogP contribution in [0.1, 0.15) is 44.6 Å². The van der Waals surface area contributed by atoms with Crippen LogP contribution in [0.2, 0.25) is 5.02 Å². The number of hydrogen-bond acceptors (Lipinski definition) is 2. The summed E-state index contributed by atoms with van der Waals surface area (Å²) in [7, 11) is 0. The van der Waals surface area contributed by atoms with Crippen molar-refractivity contribution in [2.75, 3.05) is 11.9 Å². The first-order valence-electron chi connectivity index (χ1n) is 7.41. The van der Waals surface area contributed by atoms with Crippen molar-refractivity contribution in [3.8, 4) is 11.8 Å². The summed E-state index contributed by atoms with van der Waals surface area (Å²) in [5.41, 5.74) is 6.57. The van der Waals surface area contributed by atoms with Gasteiger partial charge < -0.3 is 11.1 Å². The maximum atomic E-state index is 12.6. The standard InChI is InChI=1S/C17H21ClN2O/c1-2-17(9-3-4-10-17)16(21)20-15-12-13(6-5-11-19)7-8-14(15)18/h7-8,12H,2-4,9-11,19H2,1H3,(H,20,21). The number of benzene rings is 1. The van der Waals surface area contributed by atoms with Gasteiger partial charge >= 0.3 is 0 Å². The van der Waals surface area contributed by atoms with E-state index in [9.17, 15) is 4.79 Å². The fourth-order valence-corrected chi connectivity index (χ4v) is 3.06. The Morgan fingerprint density at radius 1 is 1.43 bits per heavy atom. The van der Waals surface area contributed by atoms with Crippen molar-refractivity contribution >= 4 is 23.2 Å². The first-order chi connectivity index (χ1) is 10.1. The van der Waals surface area contributed by atoms with Crippen molar-refractivity contribution in [1.82, 2.24) is 0 Å². The van der Waals surface area contributed by atoms with E-state index in [1.54, 1.807) is 12.1 Å². The molecule has 3 nitrogen and oxygen atoms in total. The van der Waals surface area contributed by atoms with E-state index in [4.69, 9.17) is 17.3 Å². The second kappa shape index (κ2) is 6.98. The summed E-state index contributed by atoms with van der Waals surface area (Å²) in [6.45, 7) is 2.39. The highest BCUT2D eigenvalue weighted by molar-refractivity contribution is 6.33. The van der Waals surface area contributed by atoms with E-state index in [-0.39, 0.29) is 11.3 Å². The maximum Gasteiger partial charge on any atom is 0.230 e. The largest absolute Gasteiger partial charge is 0.324 e. The molecule has 0 atom stereocenters. The number of anilines is 1. The molecular weight excluding hydrogens is 284 g/mol. The van der Waals surface area contributed by atoms with Crippen LogP contribution < -0.4 is 11.1 Å². The lowest BCUT2D eigenvalue weighted by Gasteiger charge is -2.26. The number of nitrogens with one attached hydrogen (secondary N) is 1. The summed E-state index contributed by atoms with van der Waals surface area (Å²) in [6, 6.07) is 5.39. The van der Waals surface area contributed by atoms with Gasteiger partial charge in [-0.15, -0.1) is 0 Å². The minimum Gasteiger partial charge on any atom is -0.324 e. The molecule has 4 heteroatoms. The third-order valence-electron chi connectivity index (χ3n) is 4.27. The molecule has 0 aliphatic heterocycles. The van der Waals surface area contributed by atoms with Crippen LogP contribution in [-0.2, 0) is 4.79 Å². The Morgan fingerprint density at radius 2 is 2.14 bits per heavy atom. The number of nitrogens with two attached hydrogens (primary N) is 1. The molecule has 1 fully saturated rings. The van der Waals surface area contributed by atoms with Gasteiger partial charge in [0.25, 0.3) is 0 Å². The molecule has 1 saturated carbocycles. The SMILES string of the molecule is CCC1(C(=O)Nc2cc(C#CCN)ccc2Cl)CCCC1. The summed E-state index contributed by atoms with van der Waals surface area (Å²) in [5.74, 6) is 5.83. The molecule has 0 radical (unpaired) electrons. The number of carbonyl (C=O) groups excluding carboxylic acids is 1. The van der Waals surface area contributed by atoms with Crippen molar-refractivity contribution in [1.29, 1.82) is 0 Å². The minimum atomic E-state index is -0.234. The van der Waals surface area contributed by atoms with Crippen LogP contribution in [-0.4, -0.2) is 12.5 Å². The molecule has 0 unspecified atom stereocenters. The van der Waals surface area contributed by atoms with Gasteiger partial charge in [0.2, 0.25) is 5.91 Å². The molecule has 1 aliphatic rings. The van der Waals surface area contributed by atoms with Gasteiger partial charge in [-0.1, -0.05) is 43.2 Å². The Labute approximate surface area is 131 Å². The molecule has 0 saturated heterocycles. The molecule has 1 aromatic carbocycles. The van der Waals surface area contributed by atoms with Gasteiger partial charge in [-0.05, 0) is 37.5 Å². The first-order valence-corrected chi connectivity index (χ1v) is 7.79. The molecule has 112 valence electrons. The van der Waals surface area contributed by atoms with Crippen LogP contribution in [0.4, 0.5) is 5.69 Å². The summed E-state index contributed by atoms with van der Waals surface area (Å²) in [5, 5.41) is 3.52. The number of carbonyl (C=O) groups is 1. The summed E-state index contributed by atoms with van der Waals surface area (Å²) in [4.78, 5) is 12.6. The molecule has 21 heavy (non-hydrogen) atoms. The predicted octanol–water partition coefficient (Wildman–Crippen LogP) is 3.56. The fourth-order valence-electron chi connectivity index (χ4n) is 2.90. The van der Waals surface area contributed by atoms with Crippen molar-refractivity contribution < 1.29 is 4.79 Å². The van der Waals surface area contributed by atoms with Gasteiger partial charge in [-0.3, -0.25) is 4.79 Å². The highest BCUT2D eigenvalue weighted by Gasteiger charge is 2.39.